The average molecular weight is 505 g/mol. The van der Waals surface area contributed by atoms with Crippen molar-refractivity contribution in [3.05, 3.63) is 47.5 Å². The Labute approximate surface area is 222 Å². The summed E-state index contributed by atoms with van der Waals surface area (Å²) in [5.41, 5.74) is 2.83. The number of carbonyl (C=O) groups excluding carboxylic acids is 2. The Bertz CT molecular complexity index is 1050. The van der Waals surface area contributed by atoms with Gasteiger partial charge in [0.15, 0.2) is 0 Å². The van der Waals surface area contributed by atoms with Crippen LogP contribution < -0.4 is 0 Å². The molecule has 0 spiro atoms. The third kappa shape index (κ3) is 4.32. The molecule has 0 aromatic heterocycles. The number of esters is 1. The lowest BCUT2D eigenvalue weighted by Crippen LogP contribution is -2.50. The second-order valence-electron chi connectivity index (χ2n) is 13.5. The highest BCUT2D eigenvalue weighted by Crippen LogP contribution is 2.68. The summed E-state index contributed by atoms with van der Waals surface area (Å²) in [5, 5.41) is 0. The zero-order valence-corrected chi connectivity index (χ0v) is 22.9. The van der Waals surface area contributed by atoms with Crippen molar-refractivity contribution in [2.45, 2.75) is 103 Å². The van der Waals surface area contributed by atoms with Crippen molar-refractivity contribution in [3.63, 3.8) is 0 Å². The normalized spacial score (nSPS) is 43.0. The van der Waals surface area contributed by atoms with Gasteiger partial charge in [0.2, 0.25) is 0 Å². The number of carbonyl (C=O) groups is 2. The number of allylic oxidation sites excluding steroid dienone is 1. The first-order valence-electron chi connectivity index (χ1n) is 14.9. The molecule has 0 radical (unpaired) electrons. The lowest BCUT2D eigenvalue weighted by molar-refractivity contribution is -0.111. The first-order chi connectivity index (χ1) is 17.8. The van der Waals surface area contributed by atoms with Crippen molar-refractivity contribution in [2.75, 3.05) is 0 Å². The topological polar surface area (TPSA) is 52.6 Å². The summed E-state index contributed by atoms with van der Waals surface area (Å²) in [6.07, 6.45) is 15.6. The number of fused-ring (bicyclic) bond motifs is 7. The molecule has 4 heteroatoms. The van der Waals surface area contributed by atoms with E-state index in [9.17, 15) is 9.59 Å². The minimum absolute atomic E-state index is 0.00413. The van der Waals surface area contributed by atoms with Crippen LogP contribution in [0.3, 0.4) is 0 Å². The van der Waals surface area contributed by atoms with Crippen molar-refractivity contribution < 1.29 is 19.1 Å². The number of ether oxygens (including phenoxy) is 2. The fraction of sp³-hybridized carbons (Fsp3) is 0.697. The molecule has 1 saturated heterocycles. The third-order valence-corrected chi connectivity index (χ3v) is 11.6. The monoisotopic (exact) mass is 504 g/mol. The van der Waals surface area contributed by atoms with E-state index in [0.717, 1.165) is 56.1 Å². The second kappa shape index (κ2) is 9.67. The van der Waals surface area contributed by atoms with Gasteiger partial charge < -0.3 is 14.3 Å². The second-order valence-corrected chi connectivity index (χ2v) is 13.5. The fourth-order valence-corrected chi connectivity index (χ4v) is 9.47. The van der Waals surface area contributed by atoms with Gasteiger partial charge in [0, 0.05) is 12.3 Å². The summed E-state index contributed by atoms with van der Waals surface area (Å²) >= 11 is 0. The number of rotatable bonds is 6. The van der Waals surface area contributed by atoms with Crippen LogP contribution in [0.25, 0.3) is 0 Å². The number of hydrogen-bond acceptors (Lipinski definition) is 4. The highest BCUT2D eigenvalue weighted by molar-refractivity contribution is 5.89. The van der Waals surface area contributed by atoms with Crippen LogP contribution in [0, 0.1) is 40.4 Å². The van der Waals surface area contributed by atoms with Crippen LogP contribution in [0.5, 0.6) is 0 Å². The van der Waals surface area contributed by atoms with Crippen LogP contribution in [0.15, 0.2) is 42.0 Å². The molecule has 200 valence electrons. The molecule has 1 aromatic rings. The lowest BCUT2D eigenvalue weighted by Gasteiger charge is -2.58. The molecule has 3 saturated carbocycles. The molecule has 1 heterocycles. The van der Waals surface area contributed by atoms with Gasteiger partial charge in [-0.2, -0.15) is 0 Å². The molecule has 10 atom stereocenters. The SMILES string of the molecule is CC(C=O)CCC1CC2[C@H](CC3C4CC=C5C[C@@H](OC(=O)c6ccccc6)CC[C@]5(C)C4CC[C@@]32C)O1. The van der Waals surface area contributed by atoms with Crippen molar-refractivity contribution in [1.29, 1.82) is 0 Å². The van der Waals surface area contributed by atoms with Crippen molar-refractivity contribution in [3.8, 4) is 0 Å². The summed E-state index contributed by atoms with van der Waals surface area (Å²) < 4.78 is 12.6. The van der Waals surface area contributed by atoms with Gasteiger partial charge in [-0.25, -0.2) is 4.79 Å². The quantitative estimate of drug-likeness (QED) is 0.234. The first-order valence-corrected chi connectivity index (χ1v) is 14.9. The van der Waals surface area contributed by atoms with Crippen LogP contribution in [-0.2, 0) is 14.3 Å². The summed E-state index contributed by atoms with van der Waals surface area (Å²) in [5.74, 6) is 2.87. The first kappa shape index (κ1) is 25.3. The van der Waals surface area contributed by atoms with Gasteiger partial charge in [-0.1, -0.05) is 50.6 Å². The smallest absolute Gasteiger partial charge is 0.338 e. The van der Waals surface area contributed by atoms with E-state index < -0.39 is 0 Å². The molecule has 0 bridgehead atoms. The summed E-state index contributed by atoms with van der Waals surface area (Å²) in [7, 11) is 0. The minimum Gasteiger partial charge on any atom is -0.458 e. The van der Waals surface area contributed by atoms with Crippen molar-refractivity contribution in [2.24, 2.45) is 40.4 Å². The van der Waals surface area contributed by atoms with Gasteiger partial charge in [0.05, 0.1) is 17.8 Å². The van der Waals surface area contributed by atoms with E-state index in [1.165, 1.54) is 32.1 Å². The van der Waals surface area contributed by atoms with E-state index in [2.05, 4.69) is 19.9 Å². The van der Waals surface area contributed by atoms with Gasteiger partial charge in [-0.05, 0) is 104 Å². The van der Waals surface area contributed by atoms with Crippen LogP contribution in [-0.4, -0.2) is 30.6 Å². The molecule has 1 aromatic carbocycles. The Hall–Kier alpha value is -1.94. The van der Waals surface area contributed by atoms with E-state index in [1.807, 2.05) is 37.3 Å². The molecular formula is C33H44O4. The summed E-state index contributed by atoms with van der Waals surface area (Å²) in [6, 6.07) is 9.40. The van der Waals surface area contributed by atoms with Gasteiger partial charge in [-0.15, -0.1) is 0 Å². The Morgan fingerprint density at radius 1 is 1.11 bits per heavy atom. The zero-order chi connectivity index (χ0) is 25.8. The van der Waals surface area contributed by atoms with Gasteiger partial charge in [-0.3, -0.25) is 0 Å². The van der Waals surface area contributed by atoms with Crippen LogP contribution in [0.1, 0.15) is 95.3 Å². The van der Waals surface area contributed by atoms with Gasteiger partial charge in [0.1, 0.15) is 12.4 Å². The maximum Gasteiger partial charge on any atom is 0.338 e. The molecule has 4 fully saturated rings. The number of hydrogen-bond donors (Lipinski definition) is 0. The zero-order valence-electron chi connectivity index (χ0n) is 22.9. The molecule has 6 rings (SSSR count). The van der Waals surface area contributed by atoms with Crippen LogP contribution in [0.2, 0.25) is 0 Å². The van der Waals surface area contributed by atoms with E-state index >= 15 is 0 Å². The number of benzene rings is 1. The van der Waals surface area contributed by atoms with E-state index in [-0.39, 0.29) is 23.4 Å². The molecule has 0 amide bonds. The highest BCUT2D eigenvalue weighted by atomic mass is 16.5. The Balaban J connectivity index is 1.12. The summed E-state index contributed by atoms with van der Waals surface area (Å²) in [6.45, 7) is 7.12. The van der Waals surface area contributed by atoms with E-state index in [0.29, 0.717) is 29.1 Å². The lowest BCUT2D eigenvalue weighted by atomic mass is 9.47. The Morgan fingerprint density at radius 2 is 1.92 bits per heavy atom. The van der Waals surface area contributed by atoms with E-state index in [1.54, 1.807) is 5.57 Å². The molecular weight excluding hydrogens is 460 g/mol. The maximum absolute atomic E-state index is 12.7. The third-order valence-electron chi connectivity index (χ3n) is 11.6. The van der Waals surface area contributed by atoms with Crippen LogP contribution in [0.4, 0.5) is 0 Å². The Morgan fingerprint density at radius 3 is 2.70 bits per heavy atom. The fourth-order valence-electron chi connectivity index (χ4n) is 9.47. The molecule has 0 N–H and O–H groups in total. The average Bonchev–Trinajstić information content (AvgIpc) is 3.44. The maximum atomic E-state index is 12.7. The van der Waals surface area contributed by atoms with Crippen molar-refractivity contribution in [1.82, 2.24) is 0 Å². The molecule has 4 aliphatic carbocycles. The standard InChI is InChI=1S/C33H44O4/c1-21(20-34)9-11-24-18-29-30(36-24)19-28-26-12-10-23-17-25(37-31(35)22-7-5-4-6-8-22)13-15-32(23,2)27(26)14-16-33(28,29)3/h4-8,10,20-21,24-30H,9,11-19H2,1-3H3/t21?,24?,25-,26?,27?,28?,29?,30-,32-,33-/m0/s1. The Kier molecular flexibility index (Phi) is 6.62. The minimum atomic E-state index is -0.187. The predicted octanol–water partition coefficient (Wildman–Crippen LogP) is 7.17. The molecule has 1 aliphatic heterocycles. The highest BCUT2D eigenvalue weighted by Gasteiger charge is 2.63. The number of aldehydes is 1. The predicted molar refractivity (Wildman–Crippen MR) is 144 cm³/mol. The van der Waals surface area contributed by atoms with Gasteiger partial charge in [0.25, 0.3) is 0 Å². The van der Waals surface area contributed by atoms with Crippen LogP contribution >= 0.6 is 0 Å². The van der Waals surface area contributed by atoms with E-state index in [4.69, 9.17) is 9.47 Å². The molecule has 37 heavy (non-hydrogen) atoms. The molecule has 6 unspecified atom stereocenters. The van der Waals surface area contributed by atoms with Crippen molar-refractivity contribution >= 4 is 12.3 Å². The molecule has 4 nitrogen and oxygen atoms in total. The summed E-state index contributed by atoms with van der Waals surface area (Å²) in [4.78, 5) is 23.7. The molecule has 5 aliphatic rings. The largest absolute Gasteiger partial charge is 0.458 e. The van der Waals surface area contributed by atoms with Gasteiger partial charge >= 0.3 is 5.97 Å².